The van der Waals surface area contributed by atoms with Gasteiger partial charge in [0.15, 0.2) is 6.04 Å². The Balaban J connectivity index is 2.07. The Bertz CT molecular complexity index is 663. The molecule has 21 heavy (non-hydrogen) atoms. The molecule has 0 fully saturated rings. The van der Waals surface area contributed by atoms with Crippen molar-refractivity contribution in [2.24, 2.45) is 5.73 Å². The van der Waals surface area contributed by atoms with E-state index in [9.17, 15) is 18.0 Å². The van der Waals surface area contributed by atoms with Gasteiger partial charge in [0.2, 0.25) is 0 Å². The van der Waals surface area contributed by atoms with Gasteiger partial charge < -0.3 is 15.5 Å². The number of alkyl halides is 3. The summed E-state index contributed by atoms with van der Waals surface area (Å²) < 4.78 is 45.5. The number of nitrogens with one attached hydrogen (secondary N) is 1. The van der Waals surface area contributed by atoms with Gasteiger partial charge in [-0.1, -0.05) is 0 Å². The predicted molar refractivity (Wildman–Crippen MR) is 65.5 cm³/mol. The summed E-state index contributed by atoms with van der Waals surface area (Å²) in [6, 6.07) is 0.590. The number of halogens is 3. The van der Waals surface area contributed by atoms with Crippen LogP contribution in [0.4, 0.5) is 19.0 Å². The van der Waals surface area contributed by atoms with E-state index in [-0.39, 0.29) is 17.8 Å². The van der Waals surface area contributed by atoms with E-state index in [0.717, 1.165) is 10.9 Å². The summed E-state index contributed by atoms with van der Waals surface area (Å²) in [4.78, 5) is 11.3. The Labute approximate surface area is 116 Å². The third-order valence-electron chi connectivity index (χ3n) is 3.39. The molecular weight excluding hydrogens is 289 g/mol. The van der Waals surface area contributed by atoms with E-state index < -0.39 is 24.2 Å². The Kier molecular flexibility index (Phi) is 2.92. The van der Waals surface area contributed by atoms with Crippen LogP contribution in [-0.4, -0.2) is 21.9 Å². The van der Waals surface area contributed by atoms with E-state index in [2.05, 4.69) is 10.4 Å². The second-order valence-electron chi connectivity index (χ2n) is 4.72. The van der Waals surface area contributed by atoms with E-state index in [0.29, 0.717) is 5.76 Å². The van der Waals surface area contributed by atoms with Crippen molar-refractivity contribution in [3.63, 3.8) is 0 Å². The number of primary amides is 1. The molecule has 0 aliphatic carbocycles. The SMILES string of the molecule is NC(=O)c1cnn2c1N[C@@H](c1ccco1)C[C@H]2C(F)(F)F. The van der Waals surface area contributed by atoms with Crippen molar-refractivity contribution in [3.05, 3.63) is 35.9 Å². The summed E-state index contributed by atoms with van der Waals surface area (Å²) in [7, 11) is 0. The van der Waals surface area contributed by atoms with Crippen molar-refractivity contribution in [2.75, 3.05) is 5.32 Å². The van der Waals surface area contributed by atoms with Gasteiger partial charge in [-0.2, -0.15) is 18.3 Å². The summed E-state index contributed by atoms with van der Waals surface area (Å²) in [6.07, 6.45) is -2.37. The van der Waals surface area contributed by atoms with Crippen molar-refractivity contribution >= 4 is 11.7 Å². The molecule has 6 nitrogen and oxygen atoms in total. The van der Waals surface area contributed by atoms with Gasteiger partial charge in [0, 0.05) is 6.42 Å². The molecule has 2 aromatic heterocycles. The second kappa shape index (κ2) is 4.54. The Morgan fingerprint density at radius 3 is 2.86 bits per heavy atom. The normalized spacial score (nSPS) is 21.7. The van der Waals surface area contributed by atoms with Gasteiger partial charge in [-0.15, -0.1) is 0 Å². The molecule has 3 rings (SSSR count). The highest BCUT2D eigenvalue weighted by Gasteiger charge is 2.47. The average molecular weight is 300 g/mol. The van der Waals surface area contributed by atoms with Crippen LogP contribution in [0.3, 0.4) is 0 Å². The highest BCUT2D eigenvalue weighted by Crippen LogP contribution is 2.44. The molecule has 1 aliphatic rings. The first-order valence-electron chi connectivity index (χ1n) is 6.12. The minimum Gasteiger partial charge on any atom is -0.467 e. The van der Waals surface area contributed by atoms with Gasteiger partial charge >= 0.3 is 6.18 Å². The quantitative estimate of drug-likeness (QED) is 0.890. The average Bonchev–Trinajstić information content (AvgIpc) is 3.05. The van der Waals surface area contributed by atoms with Crippen LogP contribution in [0, 0.1) is 0 Å². The zero-order valence-electron chi connectivity index (χ0n) is 10.6. The van der Waals surface area contributed by atoms with Gasteiger partial charge in [-0.3, -0.25) is 4.79 Å². The maximum Gasteiger partial charge on any atom is 0.410 e. The van der Waals surface area contributed by atoms with E-state index in [4.69, 9.17) is 10.2 Å². The van der Waals surface area contributed by atoms with Gasteiger partial charge in [0.1, 0.15) is 17.1 Å². The van der Waals surface area contributed by atoms with E-state index in [1.165, 1.54) is 6.26 Å². The van der Waals surface area contributed by atoms with Crippen LogP contribution in [-0.2, 0) is 0 Å². The molecule has 0 saturated carbocycles. The molecule has 0 saturated heterocycles. The maximum absolute atomic E-state index is 13.2. The number of amides is 1. The molecule has 3 N–H and O–H groups in total. The van der Waals surface area contributed by atoms with Crippen molar-refractivity contribution in [2.45, 2.75) is 24.7 Å². The third-order valence-corrected chi connectivity index (χ3v) is 3.39. The molecule has 1 amide bonds. The van der Waals surface area contributed by atoms with Gasteiger partial charge in [-0.25, -0.2) is 4.68 Å². The van der Waals surface area contributed by atoms with Crippen molar-refractivity contribution in [1.82, 2.24) is 9.78 Å². The first-order chi connectivity index (χ1) is 9.88. The Morgan fingerprint density at radius 2 is 2.29 bits per heavy atom. The molecule has 2 aromatic rings. The largest absolute Gasteiger partial charge is 0.467 e. The topological polar surface area (TPSA) is 86.1 Å². The number of carbonyl (C=O) groups excluding carboxylic acids is 1. The number of nitrogens with two attached hydrogens (primary N) is 1. The molecule has 1 aliphatic heterocycles. The van der Waals surface area contributed by atoms with Crippen molar-refractivity contribution < 1.29 is 22.4 Å². The summed E-state index contributed by atoms with van der Waals surface area (Å²) in [5.41, 5.74) is 5.08. The van der Waals surface area contributed by atoms with E-state index in [1.54, 1.807) is 12.1 Å². The van der Waals surface area contributed by atoms with E-state index >= 15 is 0 Å². The van der Waals surface area contributed by atoms with Crippen molar-refractivity contribution in [3.8, 4) is 0 Å². The summed E-state index contributed by atoms with van der Waals surface area (Å²) in [6.45, 7) is 0. The fourth-order valence-electron chi connectivity index (χ4n) is 2.42. The van der Waals surface area contributed by atoms with Crippen LogP contribution in [0.2, 0.25) is 0 Å². The number of carbonyl (C=O) groups is 1. The number of furan rings is 1. The molecule has 2 atom stereocenters. The summed E-state index contributed by atoms with van der Waals surface area (Å²) in [5, 5.41) is 6.48. The third kappa shape index (κ3) is 2.24. The molecule has 112 valence electrons. The fraction of sp³-hybridized carbons (Fsp3) is 0.333. The molecule has 0 radical (unpaired) electrons. The number of fused-ring (bicyclic) bond motifs is 1. The number of rotatable bonds is 2. The first-order valence-corrected chi connectivity index (χ1v) is 6.12. The van der Waals surface area contributed by atoms with Crippen LogP contribution in [0.5, 0.6) is 0 Å². The van der Waals surface area contributed by atoms with Crippen LogP contribution in [0.25, 0.3) is 0 Å². The number of nitrogens with zero attached hydrogens (tertiary/aromatic N) is 2. The van der Waals surface area contributed by atoms with Gasteiger partial charge in [-0.05, 0) is 12.1 Å². The van der Waals surface area contributed by atoms with Crippen molar-refractivity contribution in [1.29, 1.82) is 0 Å². The Morgan fingerprint density at radius 1 is 1.52 bits per heavy atom. The number of aromatic nitrogens is 2. The zero-order chi connectivity index (χ0) is 15.2. The second-order valence-corrected chi connectivity index (χ2v) is 4.72. The van der Waals surface area contributed by atoms with Gasteiger partial charge in [0.25, 0.3) is 5.91 Å². The Hall–Kier alpha value is -2.45. The lowest BCUT2D eigenvalue weighted by atomic mass is 10.0. The van der Waals surface area contributed by atoms with Crippen LogP contribution in [0.1, 0.15) is 34.6 Å². The van der Waals surface area contributed by atoms with E-state index in [1.807, 2.05) is 0 Å². The number of hydrogen-bond acceptors (Lipinski definition) is 4. The van der Waals surface area contributed by atoms with Crippen LogP contribution < -0.4 is 11.1 Å². The predicted octanol–water partition coefficient (Wildman–Crippen LogP) is 2.24. The summed E-state index contributed by atoms with van der Waals surface area (Å²) >= 11 is 0. The maximum atomic E-state index is 13.2. The molecule has 0 aromatic carbocycles. The lowest BCUT2D eigenvalue weighted by Crippen LogP contribution is -2.36. The minimum absolute atomic E-state index is 0.0440. The first kappa shape index (κ1) is 13.5. The molecule has 3 heterocycles. The lowest BCUT2D eigenvalue weighted by molar-refractivity contribution is -0.174. The lowest BCUT2D eigenvalue weighted by Gasteiger charge is -2.32. The zero-order valence-corrected chi connectivity index (χ0v) is 10.6. The minimum atomic E-state index is -4.50. The highest BCUT2D eigenvalue weighted by molar-refractivity contribution is 5.97. The molecule has 0 unspecified atom stereocenters. The molecule has 9 heteroatoms. The smallest absolute Gasteiger partial charge is 0.410 e. The monoisotopic (exact) mass is 300 g/mol. The fourth-order valence-corrected chi connectivity index (χ4v) is 2.42. The number of hydrogen-bond donors (Lipinski definition) is 2. The van der Waals surface area contributed by atoms with Crippen LogP contribution >= 0.6 is 0 Å². The number of anilines is 1. The van der Waals surface area contributed by atoms with Gasteiger partial charge in [0.05, 0.1) is 18.5 Å². The standard InChI is InChI=1S/C12H11F3N4O2/c13-12(14,15)9-4-7(8-2-1-3-21-8)18-11-6(10(16)20)5-17-19(9)11/h1-3,5,7,9,18H,4H2,(H2,16,20)/t7-,9+/m1/s1. The molecule has 0 bridgehead atoms. The molecule has 0 spiro atoms. The molecular formula is C12H11F3N4O2. The highest BCUT2D eigenvalue weighted by atomic mass is 19.4. The summed E-state index contributed by atoms with van der Waals surface area (Å²) in [5.74, 6) is -0.533. The van der Waals surface area contributed by atoms with Crippen LogP contribution in [0.15, 0.2) is 29.0 Å².